The number of hydrogen-bond acceptors (Lipinski definition) is 5. The summed E-state index contributed by atoms with van der Waals surface area (Å²) in [7, 11) is 1.74. The van der Waals surface area contributed by atoms with E-state index in [-0.39, 0.29) is 28.8 Å². The largest absolute Gasteiger partial charge is 0.333 e. The summed E-state index contributed by atoms with van der Waals surface area (Å²) >= 11 is 1.02. The minimum Gasteiger partial charge on any atom is -0.333 e. The van der Waals surface area contributed by atoms with E-state index in [1.807, 2.05) is 30.3 Å². The molecule has 1 aromatic heterocycles. The molecule has 0 atom stereocenters. The van der Waals surface area contributed by atoms with Gasteiger partial charge in [0, 0.05) is 25.7 Å². The molecule has 128 valence electrons. The van der Waals surface area contributed by atoms with Crippen LogP contribution in [0.3, 0.4) is 0 Å². The first-order valence-electron chi connectivity index (χ1n) is 7.92. The number of thioether (sulfide) groups is 1. The highest BCUT2D eigenvalue weighted by Gasteiger charge is 2.43. The second-order valence-electron chi connectivity index (χ2n) is 6.09. The van der Waals surface area contributed by atoms with Gasteiger partial charge in [-0.3, -0.25) is 24.0 Å². The van der Waals surface area contributed by atoms with E-state index in [1.54, 1.807) is 22.7 Å². The first-order valence-corrected chi connectivity index (χ1v) is 8.90. The lowest BCUT2D eigenvalue weighted by Crippen LogP contribution is -2.62. The third-order valence-electron chi connectivity index (χ3n) is 4.47. The third kappa shape index (κ3) is 2.72. The molecule has 8 heteroatoms. The SMILES string of the molecule is Cn1nc(-c2ccccc2)cc1C(=O)N1CC(N2C(=O)CSC2=O)C1. The summed E-state index contributed by atoms with van der Waals surface area (Å²) in [5.41, 5.74) is 2.18. The van der Waals surface area contributed by atoms with Crippen molar-refractivity contribution in [1.82, 2.24) is 19.6 Å². The third-order valence-corrected chi connectivity index (χ3v) is 5.30. The molecular formula is C17H16N4O3S. The summed E-state index contributed by atoms with van der Waals surface area (Å²) in [4.78, 5) is 39.1. The van der Waals surface area contributed by atoms with Crippen molar-refractivity contribution in [2.24, 2.45) is 7.05 Å². The van der Waals surface area contributed by atoms with Crippen LogP contribution in [0.25, 0.3) is 11.3 Å². The Morgan fingerprint density at radius 3 is 2.56 bits per heavy atom. The van der Waals surface area contributed by atoms with E-state index >= 15 is 0 Å². The molecule has 0 radical (unpaired) electrons. The topological polar surface area (TPSA) is 75.5 Å². The van der Waals surface area contributed by atoms with Crippen LogP contribution < -0.4 is 0 Å². The summed E-state index contributed by atoms with van der Waals surface area (Å²) in [5, 5.41) is 4.20. The zero-order valence-electron chi connectivity index (χ0n) is 13.6. The van der Waals surface area contributed by atoms with Gasteiger partial charge in [0.2, 0.25) is 5.91 Å². The molecule has 3 heterocycles. The molecule has 0 saturated carbocycles. The van der Waals surface area contributed by atoms with Crippen LogP contribution in [-0.4, -0.2) is 61.5 Å². The van der Waals surface area contributed by atoms with Gasteiger partial charge < -0.3 is 4.90 Å². The van der Waals surface area contributed by atoms with Crippen molar-refractivity contribution in [3.8, 4) is 11.3 Å². The second kappa shape index (κ2) is 6.03. The quantitative estimate of drug-likeness (QED) is 0.835. The first kappa shape index (κ1) is 15.9. The van der Waals surface area contributed by atoms with Gasteiger partial charge in [0.05, 0.1) is 17.5 Å². The lowest BCUT2D eigenvalue weighted by atomic mass is 10.1. The lowest BCUT2D eigenvalue weighted by molar-refractivity contribution is -0.128. The number of nitrogens with zero attached hydrogens (tertiary/aromatic N) is 4. The number of imide groups is 1. The van der Waals surface area contributed by atoms with Gasteiger partial charge in [-0.1, -0.05) is 42.1 Å². The highest BCUT2D eigenvalue weighted by atomic mass is 32.2. The Kier molecular flexibility index (Phi) is 3.84. The number of carbonyl (C=O) groups excluding carboxylic acids is 3. The van der Waals surface area contributed by atoms with Crippen molar-refractivity contribution in [2.45, 2.75) is 6.04 Å². The molecule has 0 spiro atoms. The van der Waals surface area contributed by atoms with Crippen LogP contribution in [0.2, 0.25) is 0 Å². The Hall–Kier alpha value is -2.61. The maximum Gasteiger partial charge on any atom is 0.289 e. The van der Waals surface area contributed by atoms with Gasteiger partial charge in [-0.2, -0.15) is 5.10 Å². The Labute approximate surface area is 148 Å². The highest BCUT2D eigenvalue weighted by molar-refractivity contribution is 8.14. The Morgan fingerprint density at radius 2 is 1.92 bits per heavy atom. The number of likely N-dealkylation sites (tertiary alicyclic amines) is 1. The van der Waals surface area contributed by atoms with Crippen molar-refractivity contribution < 1.29 is 14.4 Å². The average Bonchev–Trinajstić information content (AvgIpc) is 3.11. The van der Waals surface area contributed by atoms with Crippen molar-refractivity contribution in [3.63, 3.8) is 0 Å². The van der Waals surface area contributed by atoms with Crippen LogP contribution in [0.1, 0.15) is 10.5 Å². The molecule has 1 aromatic carbocycles. The van der Waals surface area contributed by atoms with E-state index in [1.165, 1.54) is 4.90 Å². The molecule has 25 heavy (non-hydrogen) atoms. The molecule has 0 unspecified atom stereocenters. The molecule has 2 aromatic rings. The highest BCUT2D eigenvalue weighted by Crippen LogP contribution is 2.27. The predicted octanol–water partition coefficient (Wildman–Crippen LogP) is 1.61. The number of aryl methyl sites for hydroxylation is 1. The molecular weight excluding hydrogens is 340 g/mol. The molecule has 2 saturated heterocycles. The fraction of sp³-hybridized carbons (Fsp3) is 0.294. The maximum absolute atomic E-state index is 12.7. The lowest BCUT2D eigenvalue weighted by Gasteiger charge is -2.42. The Morgan fingerprint density at radius 1 is 1.20 bits per heavy atom. The molecule has 7 nitrogen and oxygen atoms in total. The van der Waals surface area contributed by atoms with E-state index in [2.05, 4.69) is 5.10 Å². The fourth-order valence-corrected chi connectivity index (χ4v) is 3.86. The molecule has 4 rings (SSSR count). The fourth-order valence-electron chi connectivity index (χ4n) is 3.08. The van der Waals surface area contributed by atoms with E-state index in [0.29, 0.717) is 18.8 Å². The molecule has 0 N–H and O–H groups in total. The number of hydrogen-bond donors (Lipinski definition) is 0. The smallest absolute Gasteiger partial charge is 0.289 e. The summed E-state index contributed by atoms with van der Waals surface area (Å²) in [6.45, 7) is 0.755. The summed E-state index contributed by atoms with van der Waals surface area (Å²) in [6.07, 6.45) is 0. The van der Waals surface area contributed by atoms with Gasteiger partial charge in [-0.05, 0) is 6.07 Å². The number of carbonyl (C=O) groups is 3. The van der Waals surface area contributed by atoms with Gasteiger partial charge in [0.1, 0.15) is 5.69 Å². The van der Waals surface area contributed by atoms with Gasteiger partial charge in [0.15, 0.2) is 0 Å². The Bertz CT molecular complexity index is 842. The minimum atomic E-state index is -0.214. The molecule has 2 aliphatic heterocycles. The van der Waals surface area contributed by atoms with Crippen LogP contribution in [0.15, 0.2) is 36.4 Å². The van der Waals surface area contributed by atoms with Crippen LogP contribution in [0.4, 0.5) is 4.79 Å². The zero-order chi connectivity index (χ0) is 17.6. The van der Waals surface area contributed by atoms with Crippen LogP contribution in [-0.2, 0) is 11.8 Å². The van der Waals surface area contributed by atoms with Crippen LogP contribution in [0, 0.1) is 0 Å². The second-order valence-corrected chi connectivity index (χ2v) is 7.01. The van der Waals surface area contributed by atoms with Crippen molar-refractivity contribution in [1.29, 1.82) is 0 Å². The molecule has 0 aliphatic carbocycles. The van der Waals surface area contributed by atoms with Gasteiger partial charge in [-0.25, -0.2) is 0 Å². The predicted molar refractivity (Wildman–Crippen MR) is 93.0 cm³/mol. The summed E-state index contributed by atoms with van der Waals surface area (Å²) < 4.78 is 1.57. The standard InChI is InChI=1S/C17H16N4O3S/c1-19-14(7-13(18-19)11-5-3-2-4-6-11)16(23)20-8-12(9-20)21-15(22)10-25-17(21)24/h2-7,12H,8-10H2,1H3. The van der Waals surface area contributed by atoms with Gasteiger partial charge in [0.25, 0.3) is 11.1 Å². The van der Waals surface area contributed by atoms with Crippen molar-refractivity contribution >= 4 is 28.8 Å². The Balaban J connectivity index is 1.47. The molecule has 2 fully saturated rings. The maximum atomic E-state index is 12.7. The number of amides is 3. The number of aromatic nitrogens is 2. The van der Waals surface area contributed by atoms with E-state index in [0.717, 1.165) is 23.0 Å². The molecule has 3 amide bonds. The van der Waals surface area contributed by atoms with Gasteiger partial charge >= 0.3 is 0 Å². The van der Waals surface area contributed by atoms with Gasteiger partial charge in [-0.15, -0.1) is 0 Å². The zero-order valence-corrected chi connectivity index (χ0v) is 14.4. The normalized spacial score (nSPS) is 18.0. The van der Waals surface area contributed by atoms with E-state index < -0.39 is 0 Å². The van der Waals surface area contributed by atoms with E-state index in [4.69, 9.17) is 0 Å². The first-order chi connectivity index (χ1) is 12.0. The van der Waals surface area contributed by atoms with Crippen LogP contribution >= 0.6 is 11.8 Å². The molecule has 0 bridgehead atoms. The minimum absolute atomic E-state index is 0.139. The number of rotatable bonds is 3. The van der Waals surface area contributed by atoms with Crippen molar-refractivity contribution in [2.75, 3.05) is 18.8 Å². The van der Waals surface area contributed by atoms with E-state index in [9.17, 15) is 14.4 Å². The average molecular weight is 356 g/mol. The van der Waals surface area contributed by atoms with Crippen molar-refractivity contribution in [3.05, 3.63) is 42.1 Å². The van der Waals surface area contributed by atoms with Crippen LogP contribution in [0.5, 0.6) is 0 Å². The summed E-state index contributed by atoms with van der Waals surface area (Å²) in [5.74, 6) is -0.106. The summed E-state index contributed by atoms with van der Waals surface area (Å²) in [6, 6.07) is 11.2. The molecule has 2 aliphatic rings. The number of benzene rings is 1. The monoisotopic (exact) mass is 356 g/mol.